The Morgan fingerprint density at radius 2 is 2.05 bits per heavy atom. The fourth-order valence-corrected chi connectivity index (χ4v) is 3.53. The Hall–Kier alpha value is -0.900. The van der Waals surface area contributed by atoms with Crippen LogP contribution in [0.3, 0.4) is 0 Å². The van der Waals surface area contributed by atoms with E-state index in [1.807, 2.05) is 0 Å². The van der Waals surface area contributed by atoms with Crippen molar-refractivity contribution in [2.75, 3.05) is 6.54 Å². The highest BCUT2D eigenvalue weighted by Gasteiger charge is 2.16. The van der Waals surface area contributed by atoms with Crippen molar-refractivity contribution in [3.05, 3.63) is 56.0 Å². The number of hydrogen-bond donors (Lipinski definition) is 1. The Balaban J connectivity index is 2.27. The van der Waals surface area contributed by atoms with E-state index in [9.17, 15) is 4.39 Å². The summed E-state index contributed by atoms with van der Waals surface area (Å²) in [6, 6.07) is 7.06. The number of thiophene rings is 1. The quantitative estimate of drug-likeness (QED) is 0.814. The minimum absolute atomic E-state index is 0.130. The predicted octanol–water partition coefficient (Wildman–Crippen LogP) is 5.05. The van der Waals surface area contributed by atoms with Crippen molar-refractivity contribution in [2.45, 2.75) is 33.2 Å². The first-order valence-corrected chi connectivity index (χ1v) is 7.95. The van der Waals surface area contributed by atoms with Crippen LogP contribution in [0.1, 0.15) is 33.8 Å². The normalized spacial score (nSPS) is 12.7. The van der Waals surface area contributed by atoms with E-state index in [1.54, 1.807) is 23.5 Å². The highest BCUT2D eigenvalue weighted by Crippen LogP contribution is 2.29. The van der Waals surface area contributed by atoms with Crippen molar-refractivity contribution in [3.63, 3.8) is 0 Å². The minimum Gasteiger partial charge on any atom is -0.309 e. The summed E-state index contributed by atoms with van der Waals surface area (Å²) in [5.74, 6) is -0.192. The number of halogens is 2. The SMILES string of the molecule is CCNC(Cc1cc(Cl)ccc1F)c1cc(C)c(C)s1. The summed E-state index contributed by atoms with van der Waals surface area (Å²) in [5, 5.41) is 4.01. The van der Waals surface area contributed by atoms with Crippen molar-refractivity contribution in [1.82, 2.24) is 5.32 Å². The lowest BCUT2D eigenvalue weighted by Crippen LogP contribution is -2.22. The van der Waals surface area contributed by atoms with Gasteiger partial charge in [-0.15, -0.1) is 11.3 Å². The zero-order chi connectivity index (χ0) is 14.7. The molecule has 1 nitrogen and oxygen atoms in total. The molecule has 1 heterocycles. The maximum absolute atomic E-state index is 13.9. The molecule has 2 aromatic rings. The minimum atomic E-state index is -0.192. The van der Waals surface area contributed by atoms with Crippen LogP contribution >= 0.6 is 22.9 Å². The lowest BCUT2D eigenvalue weighted by atomic mass is 10.0. The molecule has 1 N–H and O–H groups in total. The van der Waals surface area contributed by atoms with Crippen molar-refractivity contribution in [1.29, 1.82) is 0 Å². The summed E-state index contributed by atoms with van der Waals surface area (Å²) in [4.78, 5) is 2.57. The van der Waals surface area contributed by atoms with Crippen molar-refractivity contribution in [2.24, 2.45) is 0 Å². The van der Waals surface area contributed by atoms with E-state index in [2.05, 4.69) is 32.2 Å². The summed E-state index contributed by atoms with van der Waals surface area (Å²) in [7, 11) is 0. The molecule has 1 aromatic heterocycles. The zero-order valence-corrected chi connectivity index (χ0v) is 13.5. The van der Waals surface area contributed by atoms with Gasteiger partial charge in [0.1, 0.15) is 5.82 Å². The molecule has 0 radical (unpaired) electrons. The van der Waals surface area contributed by atoms with Gasteiger partial charge in [-0.05, 0) is 62.2 Å². The van der Waals surface area contributed by atoms with Gasteiger partial charge in [-0.25, -0.2) is 4.39 Å². The molecule has 0 aliphatic rings. The first-order chi connectivity index (χ1) is 9.51. The molecular weight excluding hydrogens is 293 g/mol. The van der Waals surface area contributed by atoms with Gasteiger partial charge in [-0.2, -0.15) is 0 Å². The van der Waals surface area contributed by atoms with Gasteiger partial charge in [-0.3, -0.25) is 0 Å². The standard InChI is InChI=1S/C16H19ClFNS/c1-4-19-15(16-7-10(2)11(3)20-16)9-12-8-13(17)5-6-14(12)18/h5-8,15,19H,4,9H2,1-3H3. The third-order valence-corrected chi connectivity index (χ3v) is 4.91. The summed E-state index contributed by atoms with van der Waals surface area (Å²) < 4.78 is 13.9. The van der Waals surface area contributed by atoms with Crippen LogP contribution in [0.5, 0.6) is 0 Å². The summed E-state index contributed by atoms with van der Waals surface area (Å²) >= 11 is 7.74. The number of rotatable bonds is 5. The lowest BCUT2D eigenvalue weighted by Gasteiger charge is -2.17. The number of hydrogen-bond acceptors (Lipinski definition) is 2. The molecule has 4 heteroatoms. The van der Waals surface area contributed by atoms with Crippen LogP contribution in [0.25, 0.3) is 0 Å². The van der Waals surface area contributed by atoms with Crippen LogP contribution in [-0.4, -0.2) is 6.54 Å². The molecule has 20 heavy (non-hydrogen) atoms. The predicted molar refractivity (Wildman–Crippen MR) is 85.3 cm³/mol. The first-order valence-electron chi connectivity index (χ1n) is 6.75. The molecule has 2 rings (SSSR count). The van der Waals surface area contributed by atoms with Gasteiger partial charge >= 0.3 is 0 Å². The molecule has 0 fully saturated rings. The van der Waals surface area contributed by atoms with Crippen LogP contribution < -0.4 is 5.32 Å². The van der Waals surface area contributed by atoms with E-state index in [0.717, 1.165) is 6.54 Å². The van der Waals surface area contributed by atoms with Gasteiger partial charge < -0.3 is 5.32 Å². The third-order valence-electron chi connectivity index (χ3n) is 3.41. The fourth-order valence-electron chi connectivity index (χ4n) is 2.21. The second-order valence-electron chi connectivity index (χ2n) is 4.94. The Morgan fingerprint density at radius 1 is 1.30 bits per heavy atom. The molecule has 1 aromatic carbocycles. The molecule has 0 bridgehead atoms. The number of aryl methyl sites for hydroxylation is 2. The van der Waals surface area contributed by atoms with Crippen LogP contribution in [0.15, 0.2) is 24.3 Å². The van der Waals surface area contributed by atoms with Crippen LogP contribution in [-0.2, 0) is 6.42 Å². The van der Waals surface area contributed by atoms with Gasteiger partial charge in [0.25, 0.3) is 0 Å². The summed E-state index contributed by atoms with van der Waals surface area (Å²) in [6.07, 6.45) is 0.611. The summed E-state index contributed by atoms with van der Waals surface area (Å²) in [6.45, 7) is 7.14. The third kappa shape index (κ3) is 3.60. The van der Waals surface area contributed by atoms with Crippen LogP contribution in [0.2, 0.25) is 5.02 Å². The maximum atomic E-state index is 13.9. The zero-order valence-electron chi connectivity index (χ0n) is 12.0. The van der Waals surface area contributed by atoms with E-state index in [-0.39, 0.29) is 11.9 Å². The lowest BCUT2D eigenvalue weighted by molar-refractivity contribution is 0.534. The average molecular weight is 312 g/mol. The number of likely N-dealkylation sites (N-methyl/N-ethyl adjacent to an activating group) is 1. The Labute approximate surface area is 128 Å². The van der Waals surface area contributed by atoms with Gasteiger partial charge in [0.2, 0.25) is 0 Å². The molecule has 0 saturated heterocycles. The van der Waals surface area contributed by atoms with Gasteiger partial charge in [0.05, 0.1) is 0 Å². The molecule has 1 unspecified atom stereocenters. The molecule has 1 atom stereocenters. The smallest absolute Gasteiger partial charge is 0.126 e. The van der Waals surface area contributed by atoms with Gasteiger partial charge in [-0.1, -0.05) is 18.5 Å². The first kappa shape index (κ1) is 15.5. The van der Waals surface area contributed by atoms with E-state index in [1.165, 1.54) is 21.4 Å². The van der Waals surface area contributed by atoms with Gasteiger partial charge in [0.15, 0.2) is 0 Å². The van der Waals surface area contributed by atoms with E-state index < -0.39 is 0 Å². The Bertz CT molecular complexity index is 575. The molecule has 108 valence electrons. The van der Waals surface area contributed by atoms with E-state index >= 15 is 0 Å². The molecule has 0 saturated carbocycles. The molecule has 0 aliphatic carbocycles. The number of benzene rings is 1. The molecule has 0 aliphatic heterocycles. The van der Waals surface area contributed by atoms with Crippen LogP contribution in [0.4, 0.5) is 4.39 Å². The van der Waals surface area contributed by atoms with Gasteiger partial charge in [0, 0.05) is 20.8 Å². The van der Waals surface area contributed by atoms with E-state index in [0.29, 0.717) is 17.0 Å². The van der Waals surface area contributed by atoms with E-state index in [4.69, 9.17) is 11.6 Å². The second-order valence-corrected chi connectivity index (χ2v) is 6.66. The fraction of sp³-hybridized carbons (Fsp3) is 0.375. The average Bonchev–Trinajstić information content (AvgIpc) is 2.73. The monoisotopic (exact) mass is 311 g/mol. The highest BCUT2D eigenvalue weighted by molar-refractivity contribution is 7.12. The van der Waals surface area contributed by atoms with Crippen molar-refractivity contribution < 1.29 is 4.39 Å². The Kier molecular flexibility index (Phi) is 5.19. The van der Waals surface area contributed by atoms with Crippen LogP contribution in [0, 0.1) is 19.7 Å². The molecular formula is C16H19ClFNS. The molecule has 0 spiro atoms. The maximum Gasteiger partial charge on any atom is 0.126 e. The molecule has 0 amide bonds. The van der Waals surface area contributed by atoms with Crippen molar-refractivity contribution in [3.8, 4) is 0 Å². The number of nitrogens with one attached hydrogen (secondary N) is 1. The largest absolute Gasteiger partial charge is 0.309 e. The van der Waals surface area contributed by atoms with Crippen molar-refractivity contribution >= 4 is 22.9 Å². The summed E-state index contributed by atoms with van der Waals surface area (Å²) in [5.41, 5.74) is 1.95. The second kappa shape index (κ2) is 6.70. The Morgan fingerprint density at radius 3 is 2.65 bits per heavy atom. The highest BCUT2D eigenvalue weighted by atomic mass is 35.5. The topological polar surface area (TPSA) is 12.0 Å².